The maximum atomic E-state index is 12.6. The SMILES string of the molecule is O=C(NC1(c2ncccn2)CCOCC1)c1cc(C(F)(F)F)[nH]n1. The van der Waals surface area contributed by atoms with E-state index in [-0.39, 0.29) is 5.69 Å². The van der Waals surface area contributed by atoms with Crippen molar-refractivity contribution < 1.29 is 22.7 Å². The Bertz CT molecular complexity index is 711. The highest BCUT2D eigenvalue weighted by molar-refractivity contribution is 5.93. The van der Waals surface area contributed by atoms with Crippen molar-refractivity contribution in [3.63, 3.8) is 0 Å². The molecular formula is C14H14F3N5O2. The summed E-state index contributed by atoms with van der Waals surface area (Å²) in [6.45, 7) is 0.764. The average Bonchev–Trinajstić information content (AvgIpc) is 3.07. The van der Waals surface area contributed by atoms with Gasteiger partial charge < -0.3 is 10.1 Å². The molecule has 0 aromatic carbocycles. The van der Waals surface area contributed by atoms with Gasteiger partial charge in [-0.3, -0.25) is 9.89 Å². The molecule has 0 saturated carbocycles. The van der Waals surface area contributed by atoms with Crippen LogP contribution < -0.4 is 5.32 Å². The van der Waals surface area contributed by atoms with Crippen molar-refractivity contribution in [2.75, 3.05) is 13.2 Å². The molecule has 2 aromatic rings. The second-order valence-corrected chi connectivity index (χ2v) is 5.39. The molecule has 128 valence electrons. The van der Waals surface area contributed by atoms with Crippen LogP contribution in [-0.2, 0) is 16.5 Å². The lowest BCUT2D eigenvalue weighted by Crippen LogP contribution is -2.50. The van der Waals surface area contributed by atoms with E-state index in [1.165, 1.54) is 0 Å². The van der Waals surface area contributed by atoms with E-state index in [2.05, 4.69) is 20.4 Å². The molecule has 3 rings (SSSR count). The van der Waals surface area contributed by atoms with Gasteiger partial charge in [0.15, 0.2) is 11.5 Å². The Morgan fingerprint density at radius 3 is 2.50 bits per heavy atom. The molecule has 7 nitrogen and oxygen atoms in total. The van der Waals surface area contributed by atoms with Gasteiger partial charge in [-0.25, -0.2) is 9.97 Å². The van der Waals surface area contributed by atoms with Crippen molar-refractivity contribution in [2.45, 2.75) is 24.6 Å². The van der Waals surface area contributed by atoms with Gasteiger partial charge in [0.2, 0.25) is 0 Å². The number of nitrogens with zero attached hydrogens (tertiary/aromatic N) is 3. The second-order valence-electron chi connectivity index (χ2n) is 5.39. The predicted octanol–water partition coefficient (Wildman–Crippen LogP) is 1.65. The van der Waals surface area contributed by atoms with Crippen molar-refractivity contribution in [2.24, 2.45) is 0 Å². The number of ether oxygens (including phenoxy) is 1. The molecule has 1 amide bonds. The topological polar surface area (TPSA) is 92.8 Å². The van der Waals surface area contributed by atoms with Crippen LogP contribution in [0.4, 0.5) is 13.2 Å². The lowest BCUT2D eigenvalue weighted by atomic mass is 9.88. The van der Waals surface area contributed by atoms with Crippen LogP contribution in [0.25, 0.3) is 0 Å². The summed E-state index contributed by atoms with van der Waals surface area (Å²) in [6, 6.07) is 2.32. The van der Waals surface area contributed by atoms with E-state index in [1.54, 1.807) is 18.5 Å². The second kappa shape index (κ2) is 6.19. The molecule has 0 spiro atoms. The molecule has 0 aliphatic carbocycles. The highest BCUT2D eigenvalue weighted by Crippen LogP contribution is 2.31. The summed E-state index contributed by atoms with van der Waals surface area (Å²) in [5.41, 5.74) is -2.32. The van der Waals surface area contributed by atoms with Gasteiger partial charge in [0.05, 0.1) is 0 Å². The Morgan fingerprint density at radius 2 is 1.92 bits per heavy atom. The third-order valence-electron chi connectivity index (χ3n) is 3.81. The van der Waals surface area contributed by atoms with Crippen LogP contribution in [0.1, 0.15) is 34.8 Å². The van der Waals surface area contributed by atoms with Gasteiger partial charge in [-0.05, 0) is 6.07 Å². The summed E-state index contributed by atoms with van der Waals surface area (Å²) in [6.07, 6.45) is -0.674. The summed E-state index contributed by atoms with van der Waals surface area (Å²) >= 11 is 0. The highest BCUT2D eigenvalue weighted by Gasteiger charge is 2.40. The number of aromatic nitrogens is 4. The highest BCUT2D eigenvalue weighted by atomic mass is 19.4. The van der Waals surface area contributed by atoms with E-state index in [0.717, 1.165) is 0 Å². The molecule has 0 bridgehead atoms. The maximum Gasteiger partial charge on any atom is 0.432 e. The molecule has 1 fully saturated rings. The Labute approximate surface area is 134 Å². The molecule has 3 heterocycles. The first-order chi connectivity index (χ1) is 11.4. The fourth-order valence-corrected chi connectivity index (χ4v) is 2.54. The molecule has 0 atom stereocenters. The van der Waals surface area contributed by atoms with Crippen molar-refractivity contribution in [3.05, 3.63) is 41.7 Å². The number of amides is 1. The fraction of sp³-hybridized carbons (Fsp3) is 0.429. The zero-order valence-electron chi connectivity index (χ0n) is 12.4. The molecule has 1 aliphatic rings. The third kappa shape index (κ3) is 3.23. The number of hydrogen-bond acceptors (Lipinski definition) is 5. The molecule has 0 unspecified atom stereocenters. The van der Waals surface area contributed by atoms with Crippen molar-refractivity contribution in [1.29, 1.82) is 0 Å². The number of hydrogen-bond donors (Lipinski definition) is 2. The number of H-pyrrole nitrogens is 1. The Kier molecular flexibility index (Phi) is 4.22. The van der Waals surface area contributed by atoms with Gasteiger partial charge in [-0.1, -0.05) is 0 Å². The number of carbonyl (C=O) groups is 1. The fourth-order valence-electron chi connectivity index (χ4n) is 2.54. The predicted molar refractivity (Wildman–Crippen MR) is 74.8 cm³/mol. The zero-order valence-corrected chi connectivity index (χ0v) is 12.4. The molecule has 1 aliphatic heterocycles. The smallest absolute Gasteiger partial charge is 0.381 e. The summed E-state index contributed by atoms with van der Waals surface area (Å²) in [7, 11) is 0. The number of alkyl halides is 3. The van der Waals surface area contributed by atoms with E-state index in [0.29, 0.717) is 37.9 Å². The van der Waals surface area contributed by atoms with E-state index in [1.807, 2.05) is 5.10 Å². The lowest BCUT2D eigenvalue weighted by Gasteiger charge is -2.36. The zero-order chi connectivity index (χ0) is 17.2. The maximum absolute atomic E-state index is 12.6. The Hall–Kier alpha value is -2.49. The van der Waals surface area contributed by atoms with Gasteiger partial charge in [0.25, 0.3) is 5.91 Å². The molecule has 2 N–H and O–H groups in total. The minimum atomic E-state index is -4.59. The van der Waals surface area contributed by atoms with E-state index >= 15 is 0 Å². The molecule has 0 radical (unpaired) electrons. The van der Waals surface area contributed by atoms with Gasteiger partial charge in [0.1, 0.15) is 11.2 Å². The van der Waals surface area contributed by atoms with E-state index in [4.69, 9.17) is 4.74 Å². The number of halogens is 3. The van der Waals surface area contributed by atoms with Gasteiger partial charge in [0, 0.05) is 44.5 Å². The first-order valence-corrected chi connectivity index (χ1v) is 7.21. The van der Waals surface area contributed by atoms with Crippen LogP contribution in [-0.4, -0.2) is 39.3 Å². The summed E-state index contributed by atoms with van der Waals surface area (Å²) in [4.78, 5) is 20.7. The van der Waals surface area contributed by atoms with Crippen molar-refractivity contribution in [3.8, 4) is 0 Å². The normalized spacial score (nSPS) is 17.5. The largest absolute Gasteiger partial charge is 0.432 e. The van der Waals surface area contributed by atoms with Crippen LogP contribution >= 0.6 is 0 Å². The van der Waals surface area contributed by atoms with Crippen LogP contribution in [0.2, 0.25) is 0 Å². The van der Waals surface area contributed by atoms with Gasteiger partial charge in [-0.2, -0.15) is 18.3 Å². The molecule has 24 heavy (non-hydrogen) atoms. The summed E-state index contributed by atoms with van der Waals surface area (Å²) in [5, 5.41) is 8.00. The summed E-state index contributed by atoms with van der Waals surface area (Å²) in [5.74, 6) is -0.329. The quantitative estimate of drug-likeness (QED) is 0.886. The number of nitrogens with one attached hydrogen (secondary N) is 2. The first-order valence-electron chi connectivity index (χ1n) is 7.21. The van der Waals surface area contributed by atoms with E-state index in [9.17, 15) is 18.0 Å². The van der Waals surface area contributed by atoms with Crippen LogP contribution in [0.5, 0.6) is 0 Å². The number of rotatable bonds is 3. The van der Waals surface area contributed by atoms with Crippen molar-refractivity contribution in [1.82, 2.24) is 25.5 Å². The minimum Gasteiger partial charge on any atom is -0.381 e. The molecular weight excluding hydrogens is 327 g/mol. The number of aromatic amines is 1. The minimum absolute atomic E-state index is 0.343. The van der Waals surface area contributed by atoms with Crippen LogP contribution in [0.15, 0.2) is 24.5 Å². The lowest BCUT2D eigenvalue weighted by molar-refractivity contribution is -0.141. The molecule has 2 aromatic heterocycles. The number of carbonyl (C=O) groups excluding carboxylic acids is 1. The molecule has 10 heteroatoms. The van der Waals surface area contributed by atoms with Crippen molar-refractivity contribution >= 4 is 5.91 Å². The van der Waals surface area contributed by atoms with Crippen LogP contribution in [0, 0.1) is 0 Å². The van der Waals surface area contributed by atoms with E-state index < -0.39 is 23.3 Å². The monoisotopic (exact) mass is 341 g/mol. The third-order valence-corrected chi connectivity index (χ3v) is 3.81. The van der Waals surface area contributed by atoms with Gasteiger partial charge >= 0.3 is 6.18 Å². The van der Waals surface area contributed by atoms with Crippen LogP contribution in [0.3, 0.4) is 0 Å². The van der Waals surface area contributed by atoms with Gasteiger partial charge in [-0.15, -0.1) is 0 Å². The Balaban J connectivity index is 1.85. The first kappa shape index (κ1) is 16.4. The standard InChI is InChI=1S/C14H14F3N5O2/c15-14(16,17)10-8-9(21-22-10)11(23)20-13(2-6-24-7-3-13)12-18-4-1-5-19-12/h1,4-5,8H,2-3,6-7H2,(H,20,23)(H,21,22). The summed E-state index contributed by atoms with van der Waals surface area (Å²) < 4.78 is 43.2. The average molecular weight is 341 g/mol. The molecule has 1 saturated heterocycles. The Morgan fingerprint density at radius 1 is 1.25 bits per heavy atom.